The minimum atomic E-state index is -0.599. The summed E-state index contributed by atoms with van der Waals surface area (Å²) >= 11 is 1.42. The maximum absolute atomic E-state index is 13.1. The van der Waals surface area contributed by atoms with Gasteiger partial charge in [-0.25, -0.2) is 0 Å². The Morgan fingerprint density at radius 1 is 1.06 bits per heavy atom. The summed E-state index contributed by atoms with van der Waals surface area (Å²) in [6.45, 7) is 8.05. The highest BCUT2D eigenvalue weighted by atomic mass is 32.2. The molecular formula is C24H31N3O4S. The average Bonchev–Trinajstić information content (AvgIpc) is 2.78. The van der Waals surface area contributed by atoms with Crippen LogP contribution in [-0.2, 0) is 21.9 Å². The van der Waals surface area contributed by atoms with Gasteiger partial charge in [-0.15, -0.1) is 11.8 Å². The molecule has 0 aliphatic carbocycles. The molecule has 0 aromatic heterocycles. The van der Waals surface area contributed by atoms with Crippen LogP contribution in [0.15, 0.2) is 48.5 Å². The fourth-order valence-electron chi connectivity index (χ4n) is 2.99. The van der Waals surface area contributed by atoms with Crippen molar-refractivity contribution in [2.75, 3.05) is 5.75 Å². The number of thioether (sulfide) groups is 1. The highest BCUT2D eigenvalue weighted by Gasteiger charge is 2.26. The molecule has 0 radical (unpaired) electrons. The van der Waals surface area contributed by atoms with E-state index in [9.17, 15) is 19.7 Å². The van der Waals surface area contributed by atoms with Crippen LogP contribution in [0, 0.1) is 17.0 Å². The molecule has 7 nitrogen and oxygen atoms in total. The van der Waals surface area contributed by atoms with Crippen LogP contribution >= 0.6 is 11.8 Å². The number of nitrogens with one attached hydrogen (secondary N) is 1. The van der Waals surface area contributed by atoms with E-state index < -0.39 is 11.0 Å². The Balaban J connectivity index is 2.05. The third-order valence-electron chi connectivity index (χ3n) is 5.28. The molecule has 0 heterocycles. The number of hydrogen-bond acceptors (Lipinski definition) is 5. The Hall–Kier alpha value is -2.87. The first kappa shape index (κ1) is 25.4. The van der Waals surface area contributed by atoms with Crippen LogP contribution in [0.1, 0.15) is 43.9 Å². The molecule has 2 amide bonds. The first-order chi connectivity index (χ1) is 15.2. The van der Waals surface area contributed by atoms with Gasteiger partial charge in [0.15, 0.2) is 0 Å². The molecule has 0 spiro atoms. The zero-order valence-corrected chi connectivity index (χ0v) is 19.9. The number of benzene rings is 2. The number of nitrogens with zero attached hydrogens (tertiary/aromatic N) is 2. The van der Waals surface area contributed by atoms with Gasteiger partial charge in [-0.3, -0.25) is 19.7 Å². The molecule has 0 saturated carbocycles. The van der Waals surface area contributed by atoms with Crippen LogP contribution in [0.25, 0.3) is 0 Å². The van der Waals surface area contributed by atoms with Gasteiger partial charge >= 0.3 is 0 Å². The Morgan fingerprint density at radius 2 is 1.66 bits per heavy atom. The lowest BCUT2D eigenvalue weighted by atomic mass is 10.1. The van der Waals surface area contributed by atoms with Crippen molar-refractivity contribution in [3.8, 4) is 0 Å². The number of aryl methyl sites for hydroxylation is 1. The summed E-state index contributed by atoms with van der Waals surface area (Å²) in [6.07, 6.45) is 0.815. The fourth-order valence-corrected chi connectivity index (χ4v) is 3.86. The van der Waals surface area contributed by atoms with Gasteiger partial charge in [0, 0.05) is 30.5 Å². The smallest absolute Gasteiger partial charge is 0.269 e. The van der Waals surface area contributed by atoms with E-state index in [4.69, 9.17) is 0 Å². The van der Waals surface area contributed by atoms with Crippen molar-refractivity contribution < 1.29 is 14.5 Å². The van der Waals surface area contributed by atoms with E-state index >= 15 is 0 Å². The van der Waals surface area contributed by atoms with Crippen molar-refractivity contribution in [3.63, 3.8) is 0 Å². The molecule has 0 saturated heterocycles. The zero-order valence-electron chi connectivity index (χ0n) is 19.0. The number of hydrogen-bond donors (Lipinski definition) is 1. The van der Waals surface area contributed by atoms with Gasteiger partial charge in [-0.1, -0.05) is 48.9 Å². The molecule has 32 heavy (non-hydrogen) atoms. The van der Waals surface area contributed by atoms with Crippen molar-refractivity contribution in [1.82, 2.24) is 10.2 Å². The third-order valence-corrected chi connectivity index (χ3v) is 6.27. The lowest BCUT2D eigenvalue weighted by Gasteiger charge is -2.29. The minimum absolute atomic E-state index is 0.0396. The molecule has 8 heteroatoms. The second-order valence-corrected chi connectivity index (χ2v) is 8.90. The SMILES string of the molecule is CC[C@@H](C)NC(=O)[C@@H](C)N(Cc1ccc(C)cc1)C(=O)CSCc1ccc([N+](=O)[O-])cc1. The molecule has 0 aliphatic rings. The molecule has 0 fully saturated rings. The summed E-state index contributed by atoms with van der Waals surface area (Å²) in [5.74, 6) is 0.476. The maximum atomic E-state index is 13.1. The quantitative estimate of drug-likeness (QED) is 0.397. The van der Waals surface area contributed by atoms with Gasteiger partial charge in [0.1, 0.15) is 6.04 Å². The molecule has 2 aromatic rings. The van der Waals surface area contributed by atoms with Crippen LogP contribution in [-0.4, -0.2) is 39.5 Å². The molecule has 172 valence electrons. The standard InChI is InChI=1S/C24H31N3O4S/c1-5-18(3)25-24(29)19(4)26(14-20-8-6-17(2)7-9-20)23(28)16-32-15-21-10-12-22(13-11-21)27(30)31/h6-13,18-19H,5,14-16H2,1-4H3,(H,25,29)/t18-,19-/m1/s1. The van der Waals surface area contributed by atoms with E-state index in [-0.39, 0.29) is 29.3 Å². The topological polar surface area (TPSA) is 92.6 Å². The van der Waals surface area contributed by atoms with E-state index in [0.717, 1.165) is 23.1 Å². The number of carbonyl (C=O) groups is 2. The van der Waals surface area contributed by atoms with E-state index in [1.165, 1.54) is 23.9 Å². The van der Waals surface area contributed by atoms with Crippen LogP contribution in [0.2, 0.25) is 0 Å². The molecular weight excluding hydrogens is 426 g/mol. The summed E-state index contributed by atoms with van der Waals surface area (Å²) in [7, 11) is 0. The highest BCUT2D eigenvalue weighted by molar-refractivity contribution is 7.99. The van der Waals surface area contributed by atoms with E-state index in [0.29, 0.717) is 12.3 Å². The van der Waals surface area contributed by atoms with Crippen molar-refractivity contribution in [1.29, 1.82) is 0 Å². The van der Waals surface area contributed by atoms with E-state index in [1.54, 1.807) is 24.0 Å². The first-order valence-electron chi connectivity index (χ1n) is 10.7. The maximum Gasteiger partial charge on any atom is 0.269 e. The van der Waals surface area contributed by atoms with Crippen molar-refractivity contribution in [2.24, 2.45) is 0 Å². The normalized spacial score (nSPS) is 12.6. The largest absolute Gasteiger partial charge is 0.352 e. The molecule has 1 N–H and O–H groups in total. The number of carbonyl (C=O) groups excluding carboxylic acids is 2. The van der Waals surface area contributed by atoms with Crippen LogP contribution in [0.4, 0.5) is 5.69 Å². The summed E-state index contributed by atoms with van der Waals surface area (Å²) in [4.78, 5) is 37.8. The molecule has 0 aliphatic heterocycles. The van der Waals surface area contributed by atoms with E-state index in [2.05, 4.69) is 5.32 Å². The minimum Gasteiger partial charge on any atom is -0.352 e. The Kier molecular flexibility index (Phi) is 9.71. The molecule has 2 aromatic carbocycles. The van der Waals surface area contributed by atoms with Crippen LogP contribution in [0.3, 0.4) is 0 Å². The van der Waals surface area contributed by atoms with Crippen LogP contribution in [0.5, 0.6) is 0 Å². The number of rotatable bonds is 11. The van der Waals surface area contributed by atoms with Crippen molar-refractivity contribution >= 4 is 29.3 Å². The number of non-ortho nitro benzene ring substituents is 1. The summed E-state index contributed by atoms with van der Waals surface area (Å²) in [5, 5.41) is 13.7. The average molecular weight is 458 g/mol. The fraction of sp³-hybridized carbons (Fsp3) is 0.417. The van der Waals surface area contributed by atoms with Crippen molar-refractivity contribution in [3.05, 3.63) is 75.3 Å². The second kappa shape index (κ2) is 12.2. The van der Waals surface area contributed by atoms with Gasteiger partial charge < -0.3 is 10.2 Å². The second-order valence-electron chi connectivity index (χ2n) is 7.92. The Morgan fingerprint density at radius 3 is 2.22 bits per heavy atom. The summed E-state index contributed by atoms with van der Waals surface area (Å²) < 4.78 is 0. The molecule has 0 unspecified atom stereocenters. The summed E-state index contributed by atoms with van der Waals surface area (Å²) in [6, 6.07) is 13.7. The van der Waals surface area contributed by atoms with Gasteiger partial charge in [-0.05, 0) is 38.3 Å². The first-order valence-corrected chi connectivity index (χ1v) is 11.8. The monoisotopic (exact) mass is 457 g/mol. The van der Waals surface area contributed by atoms with Crippen molar-refractivity contribution in [2.45, 2.75) is 58.5 Å². The molecule has 0 bridgehead atoms. The van der Waals surface area contributed by atoms with Gasteiger partial charge in [0.05, 0.1) is 10.7 Å². The Labute approximate surface area is 193 Å². The molecule has 2 atom stereocenters. The van der Waals surface area contributed by atoms with Gasteiger partial charge in [0.25, 0.3) is 5.69 Å². The van der Waals surface area contributed by atoms with Crippen LogP contribution < -0.4 is 5.32 Å². The van der Waals surface area contributed by atoms with Gasteiger partial charge in [0.2, 0.25) is 11.8 Å². The lowest BCUT2D eigenvalue weighted by Crippen LogP contribution is -2.50. The predicted octanol–water partition coefficient (Wildman–Crippen LogP) is 4.47. The predicted molar refractivity (Wildman–Crippen MR) is 128 cm³/mol. The summed E-state index contributed by atoms with van der Waals surface area (Å²) in [5.41, 5.74) is 3.04. The zero-order chi connectivity index (χ0) is 23.7. The van der Waals surface area contributed by atoms with E-state index in [1.807, 2.05) is 45.0 Å². The van der Waals surface area contributed by atoms with Gasteiger partial charge in [-0.2, -0.15) is 0 Å². The number of nitro benzene ring substituents is 1. The number of nitro groups is 1. The lowest BCUT2D eigenvalue weighted by molar-refractivity contribution is -0.384. The number of amides is 2. The highest BCUT2D eigenvalue weighted by Crippen LogP contribution is 2.19. The molecule has 2 rings (SSSR count). The Bertz CT molecular complexity index is 916. The third kappa shape index (κ3) is 7.67.